The van der Waals surface area contributed by atoms with E-state index in [1.165, 1.54) is 25.3 Å². The average molecular weight is 250 g/mol. The Morgan fingerprint density at radius 1 is 1.06 bits per heavy atom. The molecule has 0 aromatic heterocycles. The second kappa shape index (κ2) is 9.69. The highest BCUT2D eigenvalue weighted by molar-refractivity contribution is 5.23. The van der Waals surface area contributed by atoms with Crippen LogP contribution in [0.25, 0.3) is 0 Å². The standard InChI is InChI=1S/C16H23FO/c1-2-3-4-5-6-7-8-11-14-18-16-13-10-9-12-15(16)17/h5-6,9-10,12-13H,2-4,7-8,11,14H2,1H3/b6-5+. The molecule has 0 amide bonds. The van der Waals surface area contributed by atoms with Crippen molar-refractivity contribution in [3.05, 3.63) is 42.2 Å². The summed E-state index contributed by atoms with van der Waals surface area (Å²) in [5.74, 6) is 0.0768. The summed E-state index contributed by atoms with van der Waals surface area (Å²) in [4.78, 5) is 0. The van der Waals surface area contributed by atoms with Gasteiger partial charge < -0.3 is 4.74 Å². The van der Waals surface area contributed by atoms with Gasteiger partial charge in [0.05, 0.1) is 6.61 Å². The van der Waals surface area contributed by atoms with Gasteiger partial charge >= 0.3 is 0 Å². The highest BCUT2D eigenvalue weighted by Crippen LogP contribution is 2.15. The van der Waals surface area contributed by atoms with Gasteiger partial charge in [-0.3, -0.25) is 0 Å². The normalized spacial score (nSPS) is 11.0. The molecule has 1 aromatic carbocycles. The van der Waals surface area contributed by atoms with E-state index in [-0.39, 0.29) is 5.82 Å². The Morgan fingerprint density at radius 3 is 2.50 bits per heavy atom. The Morgan fingerprint density at radius 2 is 1.78 bits per heavy atom. The Balaban J connectivity index is 2.02. The molecule has 0 saturated heterocycles. The predicted octanol–water partition coefficient (Wildman–Crippen LogP) is 5.12. The Labute approximate surface area is 110 Å². The first-order valence-electron chi connectivity index (χ1n) is 6.87. The van der Waals surface area contributed by atoms with E-state index in [4.69, 9.17) is 4.74 Å². The first-order chi connectivity index (χ1) is 8.84. The number of hydrogen-bond donors (Lipinski definition) is 0. The third-order valence-corrected chi connectivity index (χ3v) is 2.75. The van der Waals surface area contributed by atoms with Gasteiger partial charge in [-0.25, -0.2) is 4.39 Å². The van der Waals surface area contributed by atoms with E-state index < -0.39 is 0 Å². The monoisotopic (exact) mass is 250 g/mol. The maximum absolute atomic E-state index is 13.2. The number of unbranched alkanes of at least 4 members (excludes halogenated alkanes) is 4. The van der Waals surface area contributed by atoms with Crippen LogP contribution in [0.4, 0.5) is 4.39 Å². The van der Waals surface area contributed by atoms with Crippen LogP contribution in [0.5, 0.6) is 5.75 Å². The number of rotatable bonds is 9. The van der Waals surface area contributed by atoms with Crippen molar-refractivity contribution in [2.24, 2.45) is 0 Å². The van der Waals surface area contributed by atoms with Gasteiger partial charge in [0.25, 0.3) is 0 Å². The molecule has 1 rings (SSSR count). The fourth-order valence-corrected chi connectivity index (χ4v) is 1.67. The van der Waals surface area contributed by atoms with E-state index >= 15 is 0 Å². The summed E-state index contributed by atoms with van der Waals surface area (Å²) in [6, 6.07) is 6.55. The van der Waals surface area contributed by atoms with Gasteiger partial charge in [0, 0.05) is 0 Å². The van der Waals surface area contributed by atoms with Crippen LogP contribution in [0.1, 0.15) is 45.4 Å². The van der Waals surface area contributed by atoms with Crippen LogP contribution < -0.4 is 4.74 Å². The molecule has 0 aliphatic carbocycles. The SMILES string of the molecule is CCCC/C=C/CCCCOc1ccccc1F. The molecule has 1 nitrogen and oxygen atoms in total. The van der Waals surface area contributed by atoms with Gasteiger partial charge in [0.1, 0.15) is 0 Å². The molecule has 0 aliphatic heterocycles. The van der Waals surface area contributed by atoms with Crippen LogP contribution in [0, 0.1) is 5.82 Å². The molecule has 0 atom stereocenters. The smallest absolute Gasteiger partial charge is 0.165 e. The Hall–Kier alpha value is -1.31. The van der Waals surface area contributed by atoms with Crippen LogP contribution in [0.3, 0.4) is 0 Å². The molecule has 0 radical (unpaired) electrons. The lowest BCUT2D eigenvalue weighted by Gasteiger charge is -2.05. The molecule has 0 N–H and O–H groups in total. The van der Waals surface area contributed by atoms with Crippen molar-refractivity contribution >= 4 is 0 Å². The molecule has 0 unspecified atom stereocenters. The lowest BCUT2D eigenvalue weighted by molar-refractivity contribution is 0.292. The fraction of sp³-hybridized carbons (Fsp3) is 0.500. The minimum absolute atomic E-state index is 0.281. The second-order valence-electron chi connectivity index (χ2n) is 4.39. The van der Waals surface area contributed by atoms with Crippen molar-refractivity contribution in [3.8, 4) is 5.75 Å². The van der Waals surface area contributed by atoms with Gasteiger partial charge in [0.15, 0.2) is 11.6 Å². The van der Waals surface area contributed by atoms with Crippen molar-refractivity contribution in [2.75, 3.05) is 6.61 Å². The zero-order valence-corrected chi connectivity index (χ0v) is 11.2. The highest BCUT2D eigenvalue weighted by Gasteiger charge is 1.99. The zero-order valence-electron chi connectivity index (χ0n) is 11.2. The van der Waals surface area contributed by atoms with Crippen molar-refractivity contribution in [1.29, 1.82) is 0 Å². The largest absolute Gasteiger partial charge is 0.491 e. The summed E-state index contributed by atoms with van der Waals surface area (Å²) in [5, 5.41) is 0. The van der Waals surface area contributed by atoms with E-state index in [0.29, 0.717) is 12.4 Å². The van der Waals surface area contributed by atoms with Crippen molar-refractivity contribution in [1.82, 2.24) is 0 Å². The fourth-order valence-electron chi connectivity index (χ4n) is 1.67. The Kier molecular flexibility index (Phi) is 7.94. The minimum atomic E-state index is -0.281. The molecule has 0 saturated carbocycles. The van der Waals surface area contributed by atoms with Gasteiger partial charge in [-0.15, -0.1) is 0 Å². The van der Waals surface area contributed by atoms with Crippen molar-refractivity contribution in [2.45, 2.75) is 45.4 Å². The number of benzene rings is 1. The molecule has 2 heteroatoms. The van der Waals surface area contributed by atoms with Gasteiger partial charge in [-0.1, -0.05) is 44.1 Å². The molecule has 0 bridgehead atoms. The molecule has 18 heavy (non-hydrogen) atoms. The van der Waals surface area contributed by atoms with Crippen molar-refractivity contribution < 1.29 is 9.13 Å². The maximum Gasteiger partial charge on any atom is 0.165 e. The summed E-state index contributed by atoms with van der Waals surface area (Å²) in [7, 11) is 0. The summed E-state index contributed by atoms with van der Waals surface area (Å²) in [6.07, 6.45) is 11.3. The highest BCUT2D eigenvalue weighted by atomic mass is 19.1. The van der Waals surface area contributed by atoms with Crippen LogP contribution in [-0.4, -0.2) is 6.61 Å². The molecule has 0 heterocycles. The second-order valence-corrected chi connectivity index (χ2v) is 4.39. The van der Waals surface area contributed by atoms with E-state index in [2.05, 4.69) is 19.1 Å². The summed E-state index contributed by atoms with van der Waals surface area (Å²) >= 11 is 0. The number of para-hydroxylation sites is 1. The van der Waals surface area contributed by atoms with E-state index in [9.17, 15) is 4.39 Å². The molecule has 1 aromatic rings. The van der Waals surface area contributed by atoms with E-state index in [1.54, 1.807) is 18.2 Å². The number of hydrogen-bond acceptors (Lipinski definition) is 1. The first kappa shape index (κ1) is 14.7. The minimum Gasteiger partial charge on any atom is -0.491 e. The van der Waals surface area contributed by atoms with Crippen LogP contribution in [0.2, 0.25) is 0 Å². The average Bonchev–Trinajstić information content (AvgIpc) is 2.39. The molecule has 0 fully saturated rings. The molecular formula is C16H23FO. The molecule has 0 spiro atoms. The van der Waals surface area contributed by atoms with Crippen LogP contribution in [-0.2, 0) is 0 Å². The first-order valence-corrected chi connectivity index (χ1v) is 6.87. The maximum atomic E-state index is 13.2. The summed E-state index contributed by atoms with van der Waals surface area (Å²) < 4.78 is 18.6. The summed E-state index contributed by atoms with van der Waals surface area (Å²) in [6.45, 7) is 2.79. The topological polar surface area (TPSA) is 9.23 Å². The van der Waals surface area contributed by atoms with Gasteiger partial charge in [-0.2, -0.15) is 0 Å². The van der Waals surface area contributed by atoms with Crippen LogP contribution in [0.15, 0.2) is 36.4 Å². The third-order valence-electron chi connectivity index (χ3n) is 2.75. The number of halogens is 1. The molecule has 0 aliphatic rings. The lowest BCUT2D eigenvalue weighted by atomic mass is 10.2. The molecule has 100 valence electrons. The van der Waals surface area contributed by atoms with E-state index in [1.807, 2.05) is 0 Å². The lowest BCUT2D eigenvalue weighted by Crippen LogP contribution is -1.98. The van der Waals surface area contributed by atoms with E-state index in [0.717, 1.165) is 19.3 Å². The Bertz CT molecular complexity index is 347. The van der Waals surface area contributed by atoms with Crippen molar-refractivity contribution in [3.63, 3.8) is 0 Å². The number of ether oxygens (including phenoxy) is 1. The number of allylic oxidation sites excluding steroid dienone is 2. The predicted molar refractivity (Wildman–Crippen MR) is 74.4 cm³/mol. The zero-order chi connectivity index (χ0) is 13.1. The van der Waals surface area contributed by atoms with Gasteiger partial charge in [-0.05, 0) is 37.8 Å². The summed E-state index contributed by atoms with van der Waals surface area (Å²) in [5.41, 5.74) is 0. The van der Waals surface area contributed by atoms with Crippen LogP contribution >= 0.6 is 0 Å². The third kappa shape index (κ3) is 6.43. The quantitative estimate of drug-likeness (QED) is 0.436. The molecular weight excluding hydrogens is 227 g/mol. The van der Waals surface area contributed by atoms with Gasteiger partial charge in [0.2, 0.25) is 0 Å².